The van der Waals surface area contributed by atoms with Crippen LogP contribution in [-0.4, -0.2) is 47.0 Å². The molecular formula is C26H27N5O2S. The lowest BCUT2D eigenvalue weighted by atomic mass is 9.69. The van der Waals surface area contributed by atoms with Gasteiger partial charge in [-0.05, 0) is 54.8 Å². The molecule has 2 aromatic carbocycles. The van der Waals surface area contributed by atoms with Crippen LogP contribution in [0, 0.1) is 5.92 Å². The molecule has 0 amide bonds. The number of benzene rings is 2. The number of sulfonamides is 1. The molecule has 6 rings (SSSR count). The maximum Gasteiger partial charge on any atom is 0.211 e. The average Bonchev–Trinajstić information content (AvgIpc) is 2.83. The number of para-hydroxylation sites is 1. The van der Waals surface area contributed by atoms with E-state index in [1.54, 1.807) is 10.6 Å². The number of fused-ring (bicyclic) bond motifs is 1. The third-order valence-electron chi connectivity index (χ3n) is 7.35. The highest BCUT2D eigenvalue weighted by Gasteiger charge is 2.39. The molecule has 8 heteroatoms. The second-order valence-corrected chi connectivity index (χ2v) is 11.4. The van der Waals surface area contributed by atoms with Crippen molar-refractivity contribution in [2.24, 2.45) is 5.92 Å². The van der Waals surface area contributed by atoms with Crippen LogP contribution in [0.25, 0.3) is 21.7 Å². The number of nitrogens with zero attached hydrogens (tertiary/aromatic N) is 4. The summed E-state index contributed by atoms with van der Waals surface area (Å²) < 4.78 is 25.5. The van der Waals surface area contributed by atoms with Crippen LogP contribution < -0.4 is 5.32 Å². The Morgan fingerprint density at radius 1 is 1.06 bits per heavy atom. The average molecular weight is 474 g/mol. The predicted octanol–water partition coefficient (Wildman–Crippen LogP) is 4.47. The summed E-state index contributed by atoms with van der Waals surface area (Å²) in [6.45, 7) is 3.29. The Balaban J connectivity index is 1.30. The van der Waals surface area contributed by atoms with Crippen molar-refractivity contribution in [2.75, 3.05) is 24.7 Å². The van der Waals surface area contributed by atoms with E-state index in [2.05, 4.69) is 46.5 Å². The van der Waals surface area contributed by atoms with E-state index in [0.717, 1.165) is 41.0 Å². The van der Waals surface area contributed by atoms with Crippen molar-refractivity contribution in [3.05, 3.63) is 71.8 Å². The first-order valence-corrected chi connectivity index (χ1v) is 13.6. The minimum Gasteiger partial charge on any atom is -0.361 e. The molecule has 0 radical (unpaired) electrons. The first-order chi connectivity index (χ1) is 16.4. The zero-order valence-corrected chi connectivity index (χ0v) is 20.1. The summed E-state index contributed by atoms with van der Waals surface area (Å²) >= 11 is 0. The van der Waals surface area contributed by atoms with Gasteiger partial charge in [-0.15, -0.1) is 0 Å². The number of pyridine rings is 1. The summed E-state index contributed by atoms with van der Waals surface area (Å²) in [6.07, 6.45) is 4.61. The molecule has 1 fully saturated rings. The normalized spacial score (nSPS) is 19.8. The van der Waals surface area contributed by atoms with E-state index in [0.29, 0.717) is 19.0 Å². The predicted molar refractivity (Wildman–Crippen MR) is 134 cm³/mol. The number of anilines is 1. The fraction of sp³-hybridized carbons (Fsp3) is 0.346. The molecule has 34 heavy (non-hydrogen) atoms. The van der Waals surface area contributed by atoms with Crippen molar-refractivity contribution < 1.29 is 8.42 Å². The van der Waals surface area contributed by atoms with Crippen molar-refractivity contribution in [2.45, 2.75) is 31.7 Å². The van der Waals surface area contributed by atoms with Gasteiger partial charge in [0.15, 0.2) is 0 Å². The van der Waals surface area contributed by atoms with Crippen molar-refractivity contribution in [3.63, 3.8) is 0 Å². The molecule has 1 saturated heterocycles. The lowest BCUT2D eigenvalue weighted by molar-refractivity contribution is 0.253. The Labute approximate surface area is 199 Å². The van der Waals surface area contributed by atoms with Crippen LogP contribution in [0.4, 0.5) is 5.82 Å². The van der Waals surface area contributed by atoms with E-state index in [1.165, 1.54) is 22.6 Å². The van der Waals surface area contributed by atoms with E-state index in [9.17, 15) is 8.42 Å². The summed E-state index contributed by atoms with van der Waals surface area (Å²) in [7, 11) is -3.13. The molecule has 2 unspecified atom stereocenters. The van der Waals surface area contributed by atoms with E-state index in [-0.39, 0.29) is 12.0 Å². The number of aromatic nitrogens is 3. The zero-order chi connectivity index (χ0) is 23.4. The smallest absolute Gasteiger partial charge is 0.211 e. The molecule has 1 aliphatic carbocycles. The zero-order valence-electron chi connectivity index (χ0n) is 19.3. The summed E-state index contributed by atoms with van der Waals surface area (Å²) in [5.74, 6) is 1.48. The Hall–Kier alpha value is -3.10. The van der Waals surface area contributed by atoms with Gasteiger partial charge in [0.2, 0.25) is 10.0 Å². The molecule has 2 atom stereocenters. The number of hydrogen-bond donors (Lipinski definition) is 1. The van der Waals surface area contributed by atoms with Crippen LogP contribution in [0.1, 0.15) is 48.7 Å². The minimum absolute atomic E-state index is 0.0315. The molecule has 1 N–H and O–H groups in total. The molecule has 0 bridgehead atoms. The van der Waals surface area contributed by atoms with Gasteiger partial charge in [0.05, 0.1) is 29.2 Å². The first-order valence-electron chi connectivity index (χ1n) is 11.7. The van der Waals surface area contributed by atoms with Gasteiger partial charge in [-0.25, -0.2) is 22.7 Å². The summed E-state index contributed by atoms with van der Waals surface area (Å²) in [6, 6.07) is 16.6. The van der Waals surface area contributed by atoms with Crippen molar-refractivity contribution in [3.8, 4) is 0 Å². The van der Waals surface area contributed by atoms with Crippen LogP contribution >= 0.6 is 0 Å². The molecule has 4 aromatic rings. The van der Waals surface area contributed by atoms with E-state index >= 15 is 0 Å². The molecule has 0 spiro atoms. The third-order valence-corrected chi connectivity index (χ3v) is 8.65. The van der Waals surface area contributed by atoms with Gasteiger partial charge >= 0.3 is 0 Å². The fourth-order valence-electron chi connectivity index (χ4n) is 5.58. The lowest BCUT2D eigenvalue weighted by Gasteiger charge is -2.40. The molecule has 174 valence electrons. The highest BCUT2D eigenvalue weighted by atomic mass is 32.2. The number of nitrogens with one attached hydrogen (secondary N) is 1. The van der Waals surface area contributed by atoms with Gasteiger partial charge in [-0.3, -0.25) is 4.98 Å². The van der Waals surface area contributed by atoms with Gasteiger partial charge in [-0.2, -0.15) is 0 Å². The monoisotopic (exact) mass is 473 g/mol. The Morgan fingerprint density at radius 3 is 2.65 bits per heavy atom. The summed E-state index contributed by atoms with van der Waals surface area (Å²) in [5.41, 5.74) is 4.40. The summed E-state index contributed by atoms with van der Waals surface area (Å²) in [4.78, 5) is 14.0. The standard InChI is InChI=1S/C26H27N5O2S/c1-16(29-26-19-7-3-4-9-21(19)27-15-28-26)22-14-18-6-5-8-20-23(25(30-22)24(18)20)17-10-12-31(13-11-17)34(2,32)33/h3-9,14-17,23H,10-13H2,1-2H3,(H,27,28,29). The largest absolute Gasteiger partial charge is 0.361 e. The Kier molecular flexibility index (Phi) is 5.04. The maximum atomic E-state index is 11.9. The maximum absolute atomic E-state index is 11.9. The molecule has 2 aliphatic rings. The number of rotatable bonds is 5. The Morgan fingerprint density at radius 2 is 1.85 bits per heavy atom. The molecular weight excluding hydrogens is 446 g/mol. The van der Waals surface area contributed by atoms with Crippen LogP contribution in [-0.2, 0) is 10.0 Å². The highest BCUT2D eigenvalue weighted by Crippen LogP contribution is 2.50. The van der Waals surface area contributed by atoms with Crippen LogP contribution in [0.5, 0.6) is 0 Å². The van der Waals surface area contributed by atoms with Gasteiger partial charge in [0.1, 0.15) is 12.1 Å². The SMILES string of the molecule is CC(Nc1ncnc2ccccc12)c1cc2cccc3c2c(n1)C3C1CCN(S(C)(=O)=O)CC1. The lowest BCUT2D eigenvalue weighted by Crippen LogP contribution is -2.40. The van der Waals surface area contributed by atoms with Crippen molar-refractivity contribution in [1.29, 1.82) is 0 Å². The molecule has 7 nitrogen and oxygen atoms in total. The third kappa shape index (κ3) is 3.52. The van der Waals surface area contributed by atoms with Crippen molar-refractivity contribution >= 4 is 37.5 Å². The van der Waals surface area contributed by atoms with Crippen LogP contribution in [0.2, 0.25) is 0 Å². The second-order valence-electron chi connectivity index (χ2n) is 9.46. The first kappa shape index (κ1) is 21.4. The molecule has 2 aromatic heterocycles. The minimum atomic E-state index is -3.13. The molecule has 0 saturated carbocycles. The highest BCUT2D eigenvalue weighted by molar-refractivity contribution is 7.88. The molecule has 1 aliphatic heterocycles. The van der Waals surface area contributed by atoms with Gasteiger partial charge in [0, 0.05) is 29.8 Å². The number of piperidine rings is 1. The van der Waals surface area contributed by atoms with E-state index in [1.807, 2.05) is 24.3 Å². The van der Waals surface area contributed by atoms with Crippen LogP contribution in [0.15, 0.2) is 54.9 Å². The fourth-order valence-corrected chi connectivity index (χ4v) is 6.46. The molecule has 3 heterocycles. The second kappa shape index (κ2) is 7.99. The summed E-state index contributed by atoms with van der Waals surface area (Å²) in [5, 5.41) is 7.01. The topological polar surface area (TPSA) is 88.1 Å². The van der Waals surface area contributed by atoms with Gasteiger partial charge in [0.25, 0.3) is 0 Å². The van der Waals surface area contributed by atoms with E-state index < -0.39 is 10.0 Å². The number of hydrogen-bond acceptors (Lipinski definition) is 6. The van der Waals surface area contributed by atoms with Gasteiger partial charge in [-0.1, -0.05) is 30.3 Å². The van der Waals surface area contributed by atoms with Crippen LogP contribution in [0.3, 0.4) is 0 Å². The van der Waals surface area contributed by atoms with Gasteiger partial charge < -0.3 is 5.32 Å². The quantitative estimate of drug-likeness (QED) is 0.460. The Bertz CT molecular complexity index is 1510. The van der Waals surface area contributed by atoms with E-state index in [4.69, 9.17) is 4.98 Å². The van der Waals surface area contributed by atoms with Crippen molar-refractivity contribution in [1.82, 2.24) is 19.3 Å².